The average Bonchev–Trinajstić information content (AvgIpc) is 1.82. The zero-order chi connectivity index (χ0) is 9.94. The van der Waals surface area contributed by atoms with E-state index < -0.39 is 11.7 Å². The number of hydrogen-bond donors (Lipinski definition) is 2. The van der Waals surface area contributed by atoms with E-state index in [1.165, 1.54) is 7.05 Å². The molecule has 0 rings (SSSR count). The first-order valence-corrected chi connectivity index (χ1v) is 3.93. The summed E-state index contributed by atoms with van der Waals surface area (Å²) in [5, 5.41) is 6.89. The van der Waals surface area contributed by atoms with Gasteiger partial charge >= 0.3 is 6.09 Å². The van der Waals surface area contributed by atoms with Crippen LogP contribution in [-0.2, 0) is 4.74 Å². The van der Waals surface area contributed by atoms with Crippen LogP contribution in [0.3, 0.4) is 0 Å². The Morgan fingerprint density at radius 1 is 1.50 bits per heavy atom. The molecule has 0 atom stereocenters. The molecule has 0 bridgehead atoms. The number of thiol groups is 1. The Hall–Kier alpha value is -0.710. The fraction of sp³-hybridized carbons (Fsp3) is 0.714. The molecule has 1 amide bonds. The zero-order valence-electron chi connectivity index (χ0n) is 7.71. The number of ether oxygens (including phenoxy) is 1. The van der Waals surface area contributed by atoms with Gasteiger partial charge in [-0.3, -0.25) is 10.3 Å². The lowest BCUT2D eigenvalue weighted by atomic mass is 10.2. The Bertz CT molecular complexity index is 198. The second-order valence-electron chi connectivity index (χ2n) is 3.36. The Kier molecular flexibility index (Phi) is 3.57. The van der Waals surface area contributed by atoms with Crippen molar-refractivity contribution < 1.29 is 9.53 Å². The van der Waals surface area contributed by atoms with Crippen LogP contribution < -0.4 is 0 Å². The van der Waals surface area contributed by atoms with Crippen LogP contribution >= 0.6 is 12.6 Å². The highest BCUT2D eigenvalue weighted by atomic mass is 32.1. The van der Waals surface area contributed by atoms with Crippen LogP contribution in [0.5, 0.6) is 0 Å². The molecule has 0 saturated carbocycles. The maximum absolute atomic E-state index is 11.1. The summed E-state index contributed by atoms with van der Waals surface area (Å²) >= 11 is 3.69. The van der Waals surface area contributed by atoms with E-state index in [9.17, 15) is 4.79 Å². The van der Waals surface area contributed by atoms with E-state index in [4.69, 9.17) is 10.1 Å². The Labute approximate surface area is 77.8 Å². The molecule has 70 valence electrons. The fourth-order valence-electron chi connectivity index (χ4n) is 0.417. The summed E-state index contributed by atoms with van der Waals surface area (Å²) in [4.78, 5) is 12.1. The van der Waals surface area contributed by atoms with Gasteiger partial charge in [0.15, 0.2) is 5.17 Å². The van der Waals surface area contributed by atoms with Crippen molar-refractivity contribution in [3.63, 3.8) is 0 Å². The van der Waals surface area contributed by atoms with Gasteiger partial charge in [-0.15, -0.1) is 12.6 Å². The van der Waals surface area contributed by atoms with E-state index in [1.54, 1.807) is 20.8 Å². The van der Waals surface area contributed by atoms with E-state index >= 15 is 0 Å². The van der Waals surface area contributed by atoms with Crippen LogP contribution in [-0.4, -0.2) is 28.8 Å². The lowest BCUT2D eigenvalue weighted by Gasteiger charge is -2.23. The molecule has 1 N–H and O–H groups in total. The minimum atomic E-state index is -0.567. The summed E-state index contributed by atoms with van der Waals surface area (Å²) in [5.74, 6) is 0. The van der Waals surface area contributed by atoms with E-state index in [1.807, 2.05) is 0 Å². The molecule has 0 aliphatic carbocycles. The largest absolute Gasteiger partial charge is 0.443 e. The van der Waals surface area contributed by atoms with Crippen LogP contribution in [0.4, 0.5) is 4.79 Å². The van der Waals surface area contributed by atoms with Crippen molar-refractivity contribution in [1.29, 1.82) is 5.41 Å². The van der Waals surface area contributed by atoms with Crippen molar-refractivity contribution in [2.75, 3.05) is 7.05 Å². The summed E-state index contributed by atoms with van der Waals surface area (Å²) < 4.78 is 4.96. The molecule has 4 nitrogen and oxygen atoms in total. The fourth-order valence-corrected chi connectivity index (χ4v) is 0.499. The molecule has 0 saturated heterocycles. The van der Waals surface area contributed by atoms with Gasteiger partial charge < -0.3 is 4.74 Å². The standard InChI is InChI=1S/C7H14N2O2S/c1-7(2,3)11-6(10)9(4)5(8)12/h1-4H3,(H2,8,12). The maximum Gasteiger partial charge on any atom is 0.416 e. The number of amidine groups is 1. The Morgan fingerprint density at radius 3 is 2.17 bits per heavy atom. The Balaban J connectivity index is 4.15. The number of carbonyl (C=O) groups excluding carboxylic acids is 1. The molecule has 0 aromatic carbocycles. The van der Waals surface area contributed by atoms with Gasteiger partial charge in [-0.05, 0) is 20.8 Å². The molecule has 0 fully saturated rings. The molecular formula is C7H14N2O2S. The number of rotatable bonds is 0. The Morgan fingerprint density at radius 2 is 1.92 bits per heavy atom. The molecule has 0 unspecified atom stereocenters. The number of carbonyl (C=O) groups is 1. The lowest BCUT2D eigenvalue weighted by molar-refractivity contribution is 0.0405. The predicted octanol–water partition coefficient (Wildman–Crippen LogP) is 1.72. The highest BCUT2D eigenvalue weighted by Crippen LogP contribution is 2.09. The lowest BCUT2D eigenvalue weighted by Crippen LogP contribution is -2.35. The summed E-state index contributed by atoms with van der Waals surface area (Å²) in [6.45, 7) is 5.29. The normalized spacial score (nSPS) is 10.8. The molecule has 12 heavy (non-hydrogen) atoms. The van der Waals surface area contributed by atoms with Crippen molar-refractivity contribution in [1.82, 2.24) is 4.90 Å². The van der Waals surface area contributed by atoms with Gasteiger partial charge in [-0.25, -0.2) is 4.79 Å². The molecule has 0 heterocycles. The summed E-state index contributed by atoms with van der Waals surface area (Å²) in [7, 11) is 1.43. The maximum atomic E-state index is 11.1. The van der Waals surface area contributed by atoms with Gasteiger partial charge in [0.25, 0.3) is 0 Å². The van der Waals surface area contributed by atoms with Crippen LogP contribution in [0, 0.1) is 5.41 Å². The molecule has 5 heteroatoms. The average molecular weight is 190 g/mol. The van der Waals surface area contributed by atoms with E-state index in [2.05, 4.69) is 12.6 Å². The first kappa shape index (κ1) is 11.3. The van der Waals surface area contributed by atoms with Crippen molar-refractivity contribution in [2.45, 2.75) is 26.4 Å². The third kappa shape index (κ3) is 4.23. The second kappa shape index (κ2) is 3.80. The van der Waals surface area contributed by atoms with E-state index in [0.29, 0.717) is 0 Å². The molecule has 0 aliphatic rings. The van der Waals surface area contributed by atoms with Crippen LogP contribution in [0.2, 0.25) is 0 Å². The monoisotopic (exact) mass is 190 g/mol. The molecule has 0 aliphatic heterocycles. The first-order chi connectivity index (χ1) is 5.24. The van der Waals surface area contributed by atoms with Crippen molar-refractivity contribution in [2.24, 2.45) is 0 Å². The predicted molar refractivity (Wildman–Crippen MR) is 50.7 cm³/mol. The minimum absolute atomic E-state index is 0.135. The smallest absolute Gasteiger partial charge is 0.416 e. The van der Waals surface area contributed by atoms with Gasteiger partial charge in [-0.2, -0.15) is 0 Å². The number of amides is 1. The minimum Gasteiger partial charge on any atom is -0.443 e. The van der Waals surface area contributed by atoms with Gasteiger partial charge in [0, 0.05) is 7.05 Å². The number of nitrogens with zero attached hydrogens (tertiary/aromatic N) is 1. The first-order valence-electron chi connectivity index (χ1n) is 3.48. The van der Waals surface area contributed by atoms with Gasteiger partial charge in [0.2, 0.25) is 0 Å². The van der Waals surface area contributed by atoms with E-state index in [0.717, 1.165) is 4.90 Å². The van der Waals surface area contributed by atoms with Crippen molar-refractivity contribution in [3.05, 3.63) is 0 Å². The summed E-state index contributed by atoms with van der Waals surface area (Å²) in [6, 6.07) is 0. The third-order valence-corrected chi connectivity index (χ3v) is 1.29. The highest BCUT2D eigenvalue weighted by molar-refractivity contribution is 7.96. The van der Waals surface area contributed by atoms with Crippen LogP contribution in [0.15, 0.2) is 0 Å². The SMILES string of the molecule is CN(C(=N)S)C(=O)OC(C)(C)C. The third-order valence-electron chi connectivity index (χ3n) is 0.985. The van der Waals surface area contributed by atoms with Crippen molar-refractivity contribution in [3.8, 4) is 0 Å². The topological polar surface area (TPSA) is 53.4 Å². The molecule has 0 spiro atoms. The molecule has 0 radical (unpaired) electrons. The van der Waals surface area contributed by atoms with Gasteiger partial charge in [-0.1, -0.05) is 0 Å². The quantitative estimate of drug-likeness (QED) is 0.347. The summed E-state index contributed by atoms with van der Waals surface area (Å²) in [5.41, 5.74) is -0.533. The van der Waals surface area contributed by atoms with Gasteiger partial charge in [0.05, 0.1) is 0 Å². The zero-order valence-corrected chi connectivity index (χ0v) is 8.61. The highest BCUT2D eigenvalue weighted by Gasteiger charge is 2.20. The van der Waals surface area contributed by atoms with E-state index in [-0.39, 0.29) is 5.17 Å². The second-order valence-corrected chi connectivity index (χ2v) is 3.79. The van der Waals surface area contributed by atoms with Crippen molar-refractivity contribution >= 4 is 23.9 Å². The molecule has 0 aromatic heterocycles. The number of nitrogens with one attached hydrogen (secondary N) is 1. The number of hydrogen-bond acceptors (Lipinski definition) is 3. The van der Waals surface area contributed by atoms with Gasteiger partial charge in [0.1, 0.15) is 5.60 Å². The molecule has 0 aromatic rings. The van der Waals surface area contributed by atoms with Crippen LogP contribution in [0.1, 0.15) is 20.8 Å². The summed E-state index contributed by atoms with van der Waals surface area (Å²) in [6.07, 6.45) is -0.567. The molecular weight excluding hydrogens is 176 g/mol. The van der Waals surface area contributed by atoms with Crippen LogP contribution in [0.25, 0.3) is 0 Å².